The number of esters is 1. The second-order valence-corrected chi connectivity index (χ2v) is 4.14. The summed E-state index contributed by atoms with van der Waals surface area (Å²) >= 11 is 0. The van der Waals surface area contributed by atoms with Crippen LogP contribution in [-0.2, 0) is 9.53 Å². The molecule has 0 bridgehead atoms. The highest BCUT2D eigenvalue weighted by Crippen LogP contribution is 2.37. The molecule has 1 saturated carbocycles. The smallest absolute Gasteiger partial charge is 0.308 e. The summed E-state index contributed by atoms with van der Waals surface area (Å²) in [5.41, 5.74) is 0. The van der Waals surface area contributed by atoms with E-state index in [1.807, 2.05) is 0 Å². The molecule has 3 heteroatoms. The highest BCUT2D eigenvalue weighted by molar-refractivity contribution is 5.72. The lowest BCUT2D eigenvalue weighted by Gasteiger charge is -2.28. The van der Waals surface area contributed by atoms with Gasteiger partial charge in [0.2, 0.25) is 0 Å². The van der Waals surface area contributed by atoms with Crippen LogP contribution in [0.3, 0.4) is 0 Å². The average molecular weight is 183 g/mol. The third kappa shape index (κ3) is 2.02. The molecule has 1 saturated heterocycles. The summed E-state index contributed by atoms with van der Waals surface area (Å²) in [4.78, 5) is 11.3. The van der Waals surface area contributed by atoms with Crippen molar-refractivity contribution in [3.63, 3.8) is 0 Å². The van der Waals surface area contributed by atoms with Crippen LogP contribution in [0.25, 0.3) is 0 Å². The number of ether oxygens (including phenoxy) is 1. The summed E-state index contributed by atoms with van der Waals surface area (Å²) in [6.45, 7) is 0.973. The Morgan fingerprint density at radius 3 is 2.77 bits per heavy atom. The molecule has 0 aromatic carbocycles. The molecule has 1 heterocycles. The van der Waals surface area contributed by atoms with Gasteiger partial charge in [0.1, 0.15) is 0 Å². The predicted octanol–water partition coefficient (Wildman–Crippen LogP) is 0.938. The molecule has 74 valence electrons. The second-order valence-electron chi connectivity index (χ2n) is 4.14. The van der Waals surface area contributed by atoms with E-state index in [2.05, 4.69) is 5.32 Å². The van der Waals surface area contributed by atoms with Crippen LogP contribution in [0, 0.1) is 11.8 Å². The summed E-state index contributed by atoms with van der Waals surface area (Å²) in [5.74, 6) is 0.969. The van der Waals surface area contributed by atoms with Gasteiger partial charge in [-0.1, -0.05) is 0 Å². The Kier molecular flexibility index (Phi) is 2.54. The fourth-order valence-corrected chi connectivity index (χ4v) is 2.19. The molecule has 2 rings (SSSR count). The molecule has 2 aliphatic rings. The number of methoxy groups -OCH3 is 1. The zero-order valence-electron chi connectivity index (χ0n) is 8.08. The van der Waals surface area contributed by atoms with Crippen molar-refractivity contribution >= 4 is 5.97 Å². The van der Waals surface area contributed by atoms with Crippen LogP contribution in [0.5, 0.6) is 0 Å². The molecule has 3 nitrogen and oxygen atoms in total. The van der Waals surface area contributed by atoms with Crippen molar-refractivity contribution in [1.82, 2.24) is 5.32 Å². The van der Waals surface area contributed by atoms with Crippen LogP contribution >= 0.6 is 0 Å². The molecule has 0 amide bonds. The molecule has 1 N–H and O–H groups in total. The van der Waals surface area contributed by atoms with Gasteiger partial charge in [-0.25, -0.2) is 0 Å². The monoisotopic (exact) mass is 183 g/mol. The Labute approximate surface area is 78.8 Å². The minimum absolute atomic E-state index is 0.0212. The van der Waals surface area contributed by atoms with Gasteiger partial charge in [0.05, 0.1) is 13.0 Å². The van der Waals surface area contributed by atoms with Crippen LogP contribution in [0.4, 0.5) is 0 Å². The molecule has 0 aromatic heterocycles. The van der Waals surface area contributed by atoms with Crippen molar-refractivity contribution in [2.45, 2.75) is 31.7 Å². The Hall–Kier alpha value is -0.570. The third-order valence-corrected chi connectivity index (χ3v) is 3.16. The van der Waals surface area contributed by atoms with Gasteiger partial charge in [0.15, 0.2) is 0 Å². The Balaban J connectivity index is 1.87. The molecule has 13 heavy (non-hydrogen) atoms. The summed E-state index contributed by atoms with van der Waals surface area (Å²) in [6, 6.07) is 0.581. The molecule has 0 spiro atoms. The molecule has 2 atom stereocenters. The van der Waals surface area contributed by atoms with Gasteiger partial charge in [0, 0.05) is 6.04 Å². The van der Waals surface area contributed by atoms with Crippen molar-refractivity contribution in [3.8, 4) is 0 Å². The third-order valence-electron chi connectivity index (χ3n) is 3.16. The summed E-state index contributed by atoms with van der Waals surface area (Å²) in [6.07, 6.45) is 4.60. The average Bonchev–Trinajstić information content (AvgIpc) is 3.00. The lowest BCUT2D eigenvalue weighted by atomic mass is 9.90. The first-order valence-corrected chi connectivity index (χ1v) is 5.12. The van der Waals surface area contributed by atoms with Gasteiger partial charge < -0.3 is 10.1 Å². The largest absolute Gasteiger partial charge is 0.469 e. The molecule has 1 aliphatic heterocycles. The van der Waals surface area contributed by atoms with Gasteiger partial charge in [-0.3, -0.25) is 4.79 Å². The molecule has 0 aromatic rings. The van der Waals surface area contributed by atoms with E-state index in [1.54, 1.807) is 0 Å². The van der Waals surface area contributed by atoms with Crippen LogP contribution in [0.2, 0.25) is 0 Å². The normalized spacial score (nSPS) is 34.2. The van der Waals surface area contributed by atoms with Crippen LogP contribution in [0.1, 0.15) is 25.7 Å². The van der Waals surface area contributed by atoms with Gasteiger partial charge in [-0.2, -0.15) is 0 Å². The van der Waals surface area contributed by atoms with E-state index in [4.69, 9.17) is 4.74 Å². The minimum atomic E-state index is -0.0212. The molecular weight excluding hydrogens is 166 g/mol. The van der Waals surface area contributed by atoms with Gasteiger partial charge in [-0.15, -0.1) is 0 Å². The Morgan fingerprint density at radius 1 is 1.38 bits per heavy atom. The lowest BCUT2D eigenvalue weighted by Crippen LogP contribution is -2.42. The predicted molar refractivity (Wildman–Crippen MR) is 49.3 cm³/mol. The number of carbonyl (C=O) groups is 1. The summed E-state index contributed by atoms with van der Waals surface area (Å²) < 4.78 is 4.77. The zero-order valence-corrected chi connectivity index (χ0v) is 8.08. The number of piperidine rings is 1. The molecule has 2 fully saturated rings. The number of hydrogen-bond donors (Lipinski definition) is 1. The number of carbonyl (C=O) groups excluding carboxylic acids is 1. The van der Waals surface area contributed by atoms with Crippen LogP contribution in [0.15, 0.2) is 0 Å². The van der Waals surface area contributed by atoms with Crippen molar-refractivity contribution in [3.05, 3.63) is 0 Å². The number of rotatable bonds is 2. The standard InChI is InChI=1S/C10H17NO2/c1-13-10(12)8-4-5-11-9(6-8)7-2-3-7/h7-9,11H,2-6H2,1H3/t8-,9-/m1/s1. The number of nitrogens with one attached hydrogen (secondary N) is 1. The van der Waals surface area contributed by atoms with E-state index in [-0.39, 0.29) is 11.9 Å². The van der Waals surface area contributed by atoms with Gasteiger partial charge in [-0.05, 0) is 38.1 Å². The summed E-state index contributed by atoms with van der Waals surface area (Å²) in [7, 11) is 1.48. The fraction of sp³-hybridized carbons (Fsp3) is 0.900. The van der Waals surface area contributed by atoms with E-state index in [0.29, 0.717) is 6.04 Å². The zero-order chi connectivity index (χ0) is 9.26. The fourth-order valence-electron chi connectivity index (χ4n) is 2.19. The van der Waals surface area contributed by atoms with E-state index in [0.717, 1.165) is 25.3 Å². The first kappa shape index (κ1) is 9.00. The highest BCUT2D eigenvalue weighted by Gasteiger charge is 2.36. The maximum atomic E-state index is 11.3. The topological polar surface area (TPSA) is 38.3 Å². The van der Waals surface area contributed by atoms with Crippen LogP contribution in [-0.4, -0.2) is 25.7 Å². The van der Waals surface area contributed by atoms with Crippen molar-refractivity contribution in [2.24, 2.45) is 11.8 Å². The Morgan fingerprint density at radius 2 is 2.15 bits per heavy atom. The first-order valence-electron chi connectivity index (χ1n) is 5.12. The quantitative estimate of drug-likeness (QED) is 0.647. The first-order chi connectivity index (χ1) is 6.31. The molecule has 0 unspecified atom stereocenters. The molecular formula is C10H17NO2. The maximum absolute atomic E-state index is 11.3. The van der Waals surface area contributed by atoms with E-state index in [1.165, 1.54) is 20.0 Å². The second kappa shape index (κ2) is 3.66. The lowest BCUT2D eigenvalue weighted by molar-refractivity contribution is -0.146. The van der Waals surface area contributed by atoms with E-state index < -0.39 is 0 Å². The summed E-state index contributed by atoms with van der Waals surface area (Å²) in [5, 5.41) is 3.48. The SMILES string of the molecule is COC(=O)[C@@H]1CCN[C@@H](C2CC2)C1. The molecule has 1 aliphatic carbocycles. The van der Waals surface area contributed by atoms with E-state index in [9.17, 15) is 4.79 Å². The maximum Gasteiger partial charge on any atom is 0.308 e. The van der Waals surface area contributed by atoms with Crippen molar-refractivity contribution in [1.29, 1.82) is 0 Å². The Bertz CT molecular complexity index is 201. The molecule has 0 radical (unpaired) electrons. The van der Waals surface area contributed by atoms with Gasteiger partial charge >= 0.3 is 5.97 Å². The van der Waals surface area contributed by atoms with Crippen molar-refractivity contribution < 1.29 is 9.53 Å². The van der Waals surface area contributed by atoms with Crippen molar-refractivity contribution in [2.75, 3.05) is 13.7 Å². The van der Waals surface area contributed by atoms with Gasteiger partial charge in [0.25, 0.3) is 0 Å². The highest BCUT2D eigenvalue weighted by atomic mass is 16.5. The van der Waals surface area contributed by atoms with E-state index >= 15 is 0 Å². The minimum Gasteiger partial charge on any atom is -0.469 e. The number of hydrogen-bond acceptors (Lipinski definition) is 3. The van der Waals surface area contributed by atoms with Crippen LogP contribution < -0.4 is 5.32 Å².